The zero-order chi connectivity index (χ0) is 8.97. The molecular weight excluding hydrogens is 153 g/mol. The number of halogens is 1. The van der Waals surface area contributed by atoms with Gasteiger partial charge in [-0.2, -0.15) is 0 Å². The zero-order valence-electron chi connectivity index (χ0n) is 7.26. The second-order valence-electron chi connectivity index (χ2n) is 2.96. The molecule has 0 amide bonds. The van der Waals surface area contributed by atoms with Gasteiger partial charge in [0.15, 0.2) is 0 Å². The van der Waals surface area contributed by atoms with E-state index >= 15 is 0 Å². The summed E-state index contributed by atoms with van der Waals surface area (Å²) in [5, 5.41) is 0. The van der Waals surface area contributed by atoms with Crippen LogP contribution in [-0.4, -0.2) is 6.54 Å². The quantitative estimate of drug-likeness (QED) is 0.734. The van der Waals surface area contributed by atoms with Crippen molar-refractivity contribution < 1.29 is 4.39 Å². The van der Waals surface area contributed by atoms with Gasteiger partial charge in [-0.05, 0) is 25.5 Å². The van der Waals surface area contributed by atoms with Gasteiger partial charge >= 0.3 is 0 Å². The Kier molecular flexibility index (Phi) is 3.23. The van der Waals surface area contributed by atoms with Crippen LogP contribution < -0.4 is 5.73 Å². The second-order valence-corrected chi connectivity index (χ2v) is 2.96. The molecule has 12 heavy (non-hydrogen) atoms. The van der Waals surface area contributed by atoms with Crippen LogP contribution in [0.25, 0.3) is 0 Å². The third-order valence-electron chi connectivity index (χ3n) is 1.86. The fourth-order valence-electron chi connectivity index (χ4n) is 1.09. The molecule has 0 bridgehead atoms. The first kappa shape index (κ1) is 9.20. The molecular formula is C10H14FN. The maximum atomic E-state index is 13.2. The SMILES string of the molecule is Cc1ccc(C(F)CCN)cc1. The van der Waals surface area contributed by atoms with Crippen molar-refractivity contribution in [1.29, 1.82) is 0 Å². The van der Waals surface area contributed by atoms with E-state index < -0.39 is 6.17 Å². The molecule has 0 spiro atoms. The highest BCUT2D eigenvalue weighted by atomic mass is 19.1. The molecule has 0 saturated carbocycles. The van der Waals surface area contributed by atoms with E-state index in [4.69, 9.17) is 5.73 Å². The van der Waals surface area contributed by atoms with E-state index in [0.29, 0.717) is 13.0 Å². The summed E-state index contributed by atoms with van der Waals surface area (Å²) in [5.74, 6) is 0. The van der Waals surface area contributed by atoms with E-state index in [2.05, 4.69) is 0 Å². The van der Waals surface area contributed by atoms with Crippen molar-refractivity contribution >= 4 is 0 Å². The van der Waals surface area contributed by atoms with Crippen LogP contribution in [0.3, 0.4) is 0 Å². The number of hydrogen-bond acceptors (Lipinski definition) is 1. The molecule has 0 aliphatic carbocycles. The van der Waals surface area contributed by atoms with Gasteiger partial charge in [0, 0.05) is 0 Å². The Morgan fingerprint density at radius 2 is 1.92 bits per heavy atom. The lowest BCUT2D eigenvalue weighted by Crippen LogP contribution is -2.03. The van der Waals surface area contributed by atoms with E-state index in [9.17, 15) is 4.39 Å². The van der Waals surface area contributed by atoms with Gasteiger partial charge in [-0.25, -0.2) is 4.39 Å². The van der Waals surface area contributed by atoms with Crippen molar-refractivity contribution in [3.8, 4) is 0 Å². The fourth-order valence-corrected chi connectivity index (χ4v) is 1.09. The van der Waals surface area contributed by atoms with Crippen LogP contribution in [0.4, 0.5) is 4.39 Å². The van der Waals surface area contributed by atoms with Crippen molar-refractivity contribution in [2.75, 3.05) is 6.54 Å². The summed E-state index contributed by atoms with van der Waals surface area (Å²) in [5.41, 5.74) is 7.14. The lowest BCUT2D eigenvalue weighted by atomic mass is 10.1. The minimum Gasteiger partial charge on any atom is -0.330 e. The molecule has 1 aromatic rings. The molecule has 0 fully saturated rings. The van der Waals surface area contributed by atoms with Gasteiger partial charge in [-0.3, -0.25) is 0 Å². The molecule has 1 aromatic carbocycles. The number of aryl methyl sites for hydroxylation is 1. The van der Waals surface area contributed by atoms with Crippen LogP contribution in [0.2, 0.25) is 0 Å². The number of rotatable bonds is 3. The average molecular weight is 167 g/mol. The summed E-state index contributed by atoms with van der Waals surface area (Å²) < 4.78 is 13.2. The summed E-state index contributed by atoms with van der Waals surface area (Å²) in [6, 6.07) is 7.46. The molecule has 0 saturated heterocycles. The Balaban J connectivity index is 2.68. The van der Waals surface area contributed by atoms with Crippen LogP contribution in [0, 0.1) is 6.92 Å². The number of benzene rings is 1. The van der Waals surface area contributed by atoms with Crippen LogP contribution in [0.5, 0.6) is 0 Å². The van der Waals surface area contributed by atoms with Crippen molar-refractivity contribution in [2.45, 2.75) is 19.5 Å². The number of alkyl halides is 1. The summed E-state index contributed by atoms with van der Waals surface area (Å²) in [6.45, 7) is 2.38. The Morgan fingerprint density at radius 1 is 1.33 bits per heavy atom. The molecule has 1 rings (SSSR count). The molecule has 0 aliphatic heterocycles. The standard InChI is InChI=1S/C10H14FN/c1-8-2-4-9(5-3-8)10(11)6-7-12/h2-5,10H,6-7,12H2,1H3. The third-order valence-corrected chi connectivity index (χ3v) is 1.86. The summed E-state index contributed by atoms with van der Waals surface area (Å²) in [6.07, 6.45) is -0.501. The summed E-state index contributed by atoms with van der Waals surface area (Å²) >= 11 is 0. The van der Waals surface area contributed by atoms with Gasteiger partial charge in [-0.1, -0.05) is 29.8 Å². The van der Waals surface area contributed by atoms with Crippen LogP contribution in [0.1, 0.15) is 23.7 Å². The first-order valence-corrected chi connectivity index (χ1v) is 4.14. The van der Waals surface area contributed by atoms with Gasteiger partial charge in [0.05, 0.1) is 0 Å². The van der Waals surface area contributed by atoms with Crippen molar-refractivity contribution in [1.82, 2.24) is 0 Å². The summed E-state index contributed by atoms with van der Waals surface area (Å²) in [7, 11) is 0. The van der Waals surface area contributed by atoms with Crippen molar-refractivity contribution in [2.24, 2.45) is 5.73 Å². The largest absolute Gasteiger partial charge is 0.330 e. The fraction of sp³-hybridized carbons (Fsp3) is 0.400. The maximum Gasteiger partial charge on any atom is 0.126 e. The number of nitrogens with two attached hydrogens (primary N) is 1. The van der Waals surface area contributed by atoms with E-state index in [-0.39, 0.29) is 0 Å². The highest BCUT2D eigenvalue weighted by molar-refractivity contribution is 5.23. The van der Waals surface area contributed by atoms with E-state index in [0.717, 1.165) is 11.1 Å². The molecule has 1 nitrogen and oxygen atoms in total. The average Bonchev–Trinajstić information content (AvgIpc) is 2.06. The highest BCUT2D eigenvalue weighted by Gasteiger charge is 2.06. The molecule has 1 atom stereocenters. The number of hydrogen-bond donors (Lipinski definition) is 1. The molecule has 0 aliphatic rings. The lowest BCUT2D eigenvalue weighted by molar-refractivity contribution is 0.327. The third kappa shape index (κ3) is 2.31. The molecule has 2 N–H and O–H groups in total. The van der Waals surface area contributed by atoms with Gasteiger partial charge in [-0.15, -0.1) is 0 Å². The molecule has 1 unspecified atom stereocenters. The molecule has 0 aromatic heterocycles. The summed E-state index contributed by atoms with van der Waals surface area (Å²) in [4.78, 5) is 0. The van der Waals surface area contributed by atoms with E-state index in [1.54, 1.807) is 0 Å². The second kappa shape index (κ2) is 4.21. The molecule has 2 heteroatoms. The van der Waals surface area contributed by atoms with Crippen LogP contribution in [0.15, 0.2) is 24.3 Å². The van der Waals surface area contributed by atoms with Crippen LogP contribution in [-0.2, 0) is 0 Å². The van der Waals surface area contributed by atoms with Crippen LogP contribution >= 0.6 is 0 Å². The normalized spacial score (nSPS) is 12.9. The Bertz CT molecular complexity index is 230. The maximum absolute atomic E-state index is 13.2. The van der Waals surface area contributed by atoms with Gasteiger partial charge in [0.2, 0.25) is 0 Å². The first-order valence-electron chi connectivity index (χ1n) is 4.14. The van der Waals surface area contributed by atoms with Gasteiger partial charge in [0.25, 0.3) is 0 Å². The first-order chi connectivity index (χ1) is 5.74. The smallest absolute Gasteiger partial charge is 0.126 e. The molecule has 0 heterocycles. The topological polar surface area (TPSA) is 26.0 Å². The molecule has 66 valence electrons. The Labute approximate surface area is 72.4 Å². The lowest BCUT2D eigenvalue weighted by Gasteiger charge is -2.06. The van der Waals surface area contributed by atoms with Gasteiger partial charge < -0.3 is 5.73 Å². The zero-order valence-corrected chi connectivity index (χ0v) is 7.26. The van der Waals surface area contributed by atoms with E-state index in [1.807, 2.05) is 31.2 Å². The minimum absolute atomic E-state index is 0.398. The predicted octanol–water partition coefficient (Wildman–Crippen LogP) is 2.35. The van der Waals surface area contributed by atoms with Crippen molar-refractivity contribution in [3.63, 3.8) is 0 Å². The highest BCUT2D eigenvalue weighted by Crippen LogP contribution is 2.20. The van der Waals surface area contributed by atoms with Gasteiger partial charge in [0.1, 0.15) is 6.17 Å². The van der Waals surface area contributed by atoms with Crippen molar-refractivity contribution in [3.05, 3.63) is 35.4 Å². The van der Waals surface area contributed by atoms with E-state index in [1.165, 1.54) is 0 Å². The molecule has 0 radical (unpaired) electrons. The monoisotopic (exact) mass is 167 g/mol. The Morgan fingerprint density at radius 3 is 2.42 bits per heavy atom. The minimum atomic E-state index is -0.907. The Hall–Kier alpha value is -0.890. The predicted molar refractivity (Wildman–Crippen MR) is 48.7 cm³/mol.